The Kier molecular flexibility index (Phi) is 6.60. The van der Waals surface area contributed by atoms with Gasteiger partial charge in [0.15, 0.2) is 0 Å². The maximum atomic E-state index is 12.6. The predicted octanol–water partition coefficient (Wildman–Crippen LogP) is 0.277. The van der Waals surface area contributed by atoms with Gasteiger partial charge < -0.3 is 10.5 Å². The van der Waals surface area contributed by atoms with Gasteiger partial charge in [-0.2, -0.15) is 9.40 Å². The van der Waals surface area contributed by atoms with E-state index in [-0.39, 0.29) is 10.9 Å². The lowest BCUT2D eigenvalue weighted by atomic mass is 10.4. The van der Waals surface area contributed by atoms with Crippen molar-refractivity contribution in [3.05, 3.63) is 12.4 Å². The number of rotatable bonds is 9. The first kappa shape index (κ1) is 17.1. The van der Waals surface area contributed by atoms with Crippen LogP contribution in [-0.4, -0.2) is 55.4 Å². The van der Waals surface area contributed by atoms with Gasteiger partial charge >= 0.3 is 0 Å². The molecule has 1 heterocycles. The normalized spacial score (nSPS) is 12.5. The molecule has 0 bridgehead atoms. The van der Waals surface area contributed by atoms with Crippen LogP contribution in [0.1, 0.15) is 20.3 Å². The third-order valence-electron chi connectivity index (χ3n) is 2.90. The fourth-order valence-electron chi connectivity index (χ4n) is 1.83. The second-order valence-electron chi connectivity index (χ2n) is 4.78. The van der Waals surface area contributed by atoms with Crippen LogP contribution in [0.2, 0.25) is 0 Å². The van der Waals surface area contributed by atoms with Gasteiger partial charge in [-0.25, -0.2) is 8.42 Å². The van der Waals surface area contributed by atoms with E-state index in [9.17, 15) is 8.42 Å². The Hall–Kier alpha value is -0.960. The molecular formula is C12H24N4O3S. The monoisotopic (exact) mass is 304 g/mol. The molecular weight excluding hydrogens is 280 g/mol. The number of methoxy groups -OCH3 is 1. The highest BCUT2D eigenvalue weighted by Gasteiger charge is 2.27. The van der Waals surface area contributed by atoms with Crippen molar-refractivity contribution >= 4 is 10.0 Å². The Morgan fingerprint density at radius 2 is 2.20 bits per heavy atom. The first-order valence-electron chi connectivity index (χ1n) is 6.66. The van der Waals surface area contributed by atoms with E-state index in [1.165, 1.54) is 10.5 Å². The second kappa shape index (κ2) is 7.72. The molecule has 20 heavy (non-hydrogen) atoms. The molecule has 0 fully saturated rings. The zero-order valence-electron chi connectivity index (χ0n) is 12.3. The Bertz CT molecular complexity index is 499. The van der Waals surface area contributed by atoms with E-state index >= 15 is 0 Å². The molecule has 0 amide bonds. The average molecular weight is 304 g/mol. The number of ether oxygens (including phenoxy) is 1. The van der Waals surface area contributed by atoms with E-state index in [0.29, 0.717) is 26.2 Å². The van der Waals surface area contributed by atoms with Crippen molar-refractivity contribution in [3.8, 4) is 0 Å². The first-order chi connectivity index (χ1) is 9.43. The zero-order chi connectivity index (χ0) is 15.2. The van der Waals surface area contributed by atoms with Crippen LogP contribution in [0.4, 0.5) is 0 Å². The summed E-state index contributed by atoms with van der Waals surface area (Å²) in [6.45, 7) is 5.53. The van der Waals surface area contributed by atoms with Gasteiger partial charge in [0.25, 0.3) is 0 Å². The summed E-state index contributed by atoms with van der Waals surface area (Å²) >= 11 is 0. The highest BCUT2D eigenvalue weighted by Crippen LogP contribution is 2.17. The summed E-state index contributed by atoms with van der Waals surface area (Å²) in [7, 11) is -1.99. The Morgan fingerprint density at radius 1 is 1.50 bits per heavy atom. The van der Waals surface area contributed by atoms with Crippen molar-refractivity contribution in [1.29, 1.82) is 0 Å². The fraction of sp³-hybridized carbons (Fsp3) is 0.750. The first-order valence-corrected chi connectivity index (χ1v) is 8.10. The van der Waals surface area contributed by atoms with Crippen LogP contribution in [0.15, 0.2) is 17.3 Å². The summed E-state index contributed by atoms with van der Waals surface area (Å²) in [5, 5.41) is 4.07. The molecule has 0 saturated carbocycles. The fourth-order valence-corrected chi connectivity index (χ4v) is 3.40. The third kappa shape index (κ3) is 4.27. The predicted molar refractivity (Wildman–Crippen MR) is 76.8 cm³/mol. The molecule has 1 aromatic heterocycles. The minimum Gasteiger partial charge on any atom is -0.383 e. The number of aromatic nitrogens is 2. The molecule has 116 valence electrons. The van der Waals surface area contributed by atoms with Crippen LogP contribution < -0.4 is 5.73 Å². The van der Waals surface area contributed by atoms with Crippen LogP contribution in [-0.2, 0) is 21.3 Å². The van der Waals surface area contributed by atoms with Crippen molar-refractivity contribution < 1.29 is 13.2 Å². The molecule has 0 aliphatic carbocycles. The summed E-state index contributed by atoms with van der Waals surface area (Å²) in [6.07, 6.45) is 3.69. The van der Waals surface area contributed by atoms with Gasteiger partial charge in [-0.3, -0.25) is 4.68 Å². The van der Waals surface area contributed by atoms with E-state index in [1.54, 1.807) is 18.0 Å². The topological polar surface area (TPSA) is 90.5 Å². The van der Waals surface area contributed by atoms with Gasteiger partial charge in [-0.15, -0.1) is 0 Å². The summed E-state index contributed by atoms with van der Waals surface area (Å²) in [5.41, 5.74) is 5.43. The van der Waals surface area contributed by atoms with Crippen molar-refractivity contribution in [2.45, 2.75) is 37.8 Å². The van der Waals surface area contributed by atoms with Gasteiger partial charge in [0.1, 0.15) is 4.90 Å². The smallest absolute Gasteiger partial charge is 0.246 e. The van der Waals surface area contributed by atoms with Gasteiger partial charge in [0, 0.05) is 32.4 Å². The lowest BCUT2D eigenvalue weighted by molar-refractivity contribution is 0.171. The van der Waals surface area contributed by atoms with Crippen LogP contribution in [0.25, 0.3) is 0 Å². The number of nitrogens with zero attached hydrogens (tertiary/aromatic N) is 3. The Morgan fingerprint density at radius 3 is 2.75 bits per heavy atom. The number of nitrogens with two attached hydrogens (primary N) is 1. The van der Waals surface area contributed by atoms with E-state index < -0.39 is 10.0 Å². The molecule has 0 saturated heterocycles. The van der Waals surface area contributed by atoms with Crippen LogP contribution >= 0.6 is 0 Å². The maximum Gasteiger partial charge on any atom is 0.246 e. The highest BCUT2D eigenvalue weighted by molar-refractivity contribution is 7.89. The number of hydrogen-bond donors (Lipinski definition) is 1. The van der Waals surface area contributed by atoms with E-state index in [1.807, 2.05) is 13.8 Å². The molecule has 0 aromatic carbocycles. The number of sulfonamides is 1. The SMILES string of the molecule is COCCN(C(C)C)S(=O)(=O)c1cnn(CCCN)c1. The molecule has 0 atom stereocenters. The molecule has 0 unspecified atom stereocenters. The molecule has 1 aromatic rings. The van der Waals surface area contributed by atoms with E-state index in [4.69, 9.17) is 10.5 Å². The largest absolute Gasteiger partial charge is 0.383 e. The second-order valence-corrected chi connectivity index (χ2v) is 6.67. The minimum absolute atomic E-state index is 0.137. The molecule has 0 aliphatic rings. The third-order valence-corrected chi connectivity index (χ3v) is 4.93. The molecule has 0 aliphatic heterocycles. The molecule has 7 nitrogen and oxygen atoms in total. The quantitative estimate of drug-likeness (QED) is 0.707. The van der Waals surface area contributed by atoms with Crippen LogP contribution in [0.5, 0.6) is 0 Å². The summed E-state index contributed by atoms with van der Waals surface area (Å²) in [5.74, 6) is 0. The van der Waals surface area contributed by atoms with Gasteiger partial charge in [-0.1, -0.05) is 0 Å². The van der Waals surface area contributed by atoms with Crippen molar-refractivity contribution in [2.24, 2.45) is 5.73 Å². The Balaban J connectivity index is 2.91. The van der Waals surface area contributed by atoms with Gasteiger partial charge in [0.05, 0.1) is 12.8 Å². The highest BCUT2D eigenvalue weighted by atomic mass is 32.2. The summed E-state index contributed by atoms with van der Waals surface area (Å²) < 4.78 is 33.1. The molecule has 0 radical (unpaired) electrons. The van der Waals surface area contributed by atoms with Gasteiger partial charge in [-0.05, 0) is 26.8 Å². The molecule has 0 spiro atoms. The van der Waals surface area contributed by atoms with Crippen LogP contribution in [0, 0.1) is 0 Å². The molecule has 1 rings (SSSR count). The zero-order valence-corrected chi connectivity index (χ0v) is 13.1. The average Bonchev–Trinajstić information content (AvgIpc) is 2.85. The number of aryl methyl sites for hydroxylation is 1. The van der Waals surface area contributed by atoms with Crippen molar-refractivity contribution in [1.82, 2.24) is 14.1 Å². The lowest BCUT2D eigenvalue weighted by Gasteiger charge is -2.24. The van der Waals surface area contributed by atoms with Crippen molar-refractivity contribution in [3.63, 3.8) is 0 Å². The lowest BCUT2D eigenvalue weighted by Crippen LogP contribution is -2.39. The molecule has 2 N–H and O–H groups in total. The van der Waals surface area contributed by atoms with Crippen molar-refractivity contribution in [2.75, 3.05) is 26.8 Å². The maximum absolute atomic E-state index is 12.6. The number of hydrogen-bond acceptors (Lipinski definition) is 5. The van der Waals surface area contributed by atoms with E-state index in [0.717, 1.165) is 6.42 Å². The van der Waals surface area contributed by atoms with E-state index in [2.05, 4.69) is 5.10 Å². The van der Waals surface area contributed by atoms with Crippen LogP contribution in [0.3, 0.4) is 0 Å². The molecule has 8 heteroatoms. The minimum atomic E-state index is -3.54. The Labute approximate surface area is 120 Å². The standard InChI is InChI=1S/C12H24N4O3S/c1-11(2)16(7-8-19-3)20(17,18)12-9-14-15(10-12)6-4-5-13/h9-11H,4-8,13H2,1-3H3. The van der Waals surface area contributed by atoms with Gasteiger partial charge in [0.2, 0.25) is 10.0 Å². The summed E-state index contributed by atoms with van der Waals surface area (Å²) in [4.78, 5) is 0.208. The summed E-state index contributed by atoms with van der Waals surface area (Å²) in [6, 6.07) is -0.137.